The highest BCUT2D eigenvalue weighted by Gasteiger charge is 2.33. The maximum absolute atomic E-state index is 12.3. The molecule has 1 aromatic carbocycles. The van der Waals surface area contributed by atoms with Crippen LogP contribution in [0.15, 0.2) is 18.2 Å². The molecule has 6 heteroatoms. The minimum absolute atomic E-state index is 0.199. The Kier molecular flexibility index (Phi) is 3.21. The molecule has 90 valence electrons. The van der Waals surface area contributed by atoms with Crippen molar-refractivity contribution in [2.75, 3.05) is 0 Å². The molecule has 0 N–H and O–H groups in total. The van der Waals surface area contributed by atoms with Crippen molar-refractivity contribution in [2.45, 2.75) is 25.7 Å². The van der Waals surface area contributed by atoms with Crippen LogP contribution in [0.2, 0.25) is 0 Å². The van der Waals surface area contributed by atoms with Crippen LogP contribution < -0.4 is 0 Å². The van der Waals surface area contributed by atoms with E-state index in [1.165, 1.54) is 6.92 Å². The van der Waals surface area contributed by atoms with E-state index in [1.54, 1.807) is 0 Å². The van der Waals surface area contributed by atoms with Crippen LogP contribution in [-0.2, 0) is 12.6 Å². The quantitative estimate of drug-likeness (QED) is 0.650. The van der Waals surface area contributed by atoms with Gasteiger partial charge in [0.15, 0.2) is 0 Å². The zero-order chi connectivity index (χ0) is 12.6. The molecule has 0 saturated heterocycles. The SMILES string of the molecule is Cc1ccc(C(F)(F)F)cc1CC(F)(F)F. The van der Waals surface area contributed by atoms with Gasteiger partial charge in [-0.05, 0) is 30.2 Å². The van der Waals surface area contributed by atoms with Crippen molar-refractivity contribution >= 4 is 0 Å². The standard InChI is InChI=1S/C10H8F6/c1-6-2-3-8(10(14,15)16)4-7(6)5-9(11,12)13/h2-4H,5H2,1H3. The molecule has 1 rings (SSSR count). The van der Waals surface area contributed by atoms with Crippen LogP contribution in [0.1, 0.15) is 16.7 Å². The summed E-state index contributed by atoms with van der Waals surface area (Å²) in [6, 6.07) is 2.36. The number of rotatable bonds is 1. The number of alkyl halides is 6. The molecule has 0 heterocycles. The Bertz CT molecular complexity index is 374. The first-order chi connectivity index (χ1) is 7.09. The average molecular weight is 242 g/mol. The molecule has 0 aliphatic rings. The lowest BCUT2D eigenvalue weighted by atomic mass is 10.0. The van der Waals surface area contributed by atoms with Crippen molar-refractivity contribution in [3.63, 3.8) is 0 Å². The number of hydrogen-bond donors (Lipinski definition) is 0. The third-order valence-electron chi connectivity index (χ3n) is 2.07. The smallest absolute Gasteiger partial charge is 0.171 e. The number of halogens is 6. The van der Waals surface area contributed by atoms with Gasteiger partial charge in [0.25, 0.3) is 0 Å². The van der Waals surface area contributed by atoms with Crippen molar-refractivity contribution in [3.8, 4) is 0 Å². The predicted octanol–water partition coefficient (Wildman–Crippen LogP) is 4.12. The summed E-state index contributed by atoms with van der Waals surface area (Å²) in [6.45, 7) is 1.35. The maximum atomic E-state index is 12.3. The van der Waals surface area contributed by atoms with Gasteiger partial charge in [0, 0.05) is 0 Å². The van der Waals surface area contributed by atoms with Gasteiger partial charge in [0.05, 0.1) is 12.0 Å². The van der Waals surface area contributed by atoms with Crippen LogP contribution in [0.25, 0.3) is 0 Å². The Morgan fingerprint density at radius 2 is 1.56 bits per heavy atom. The number of aryl methyl sites for hydroxylation is 1. The first-order valence-corrected chi connectivity index (χ1v) is 4.33. The summed E-state index contributed by atoms with van der Waals surface area (Å²) in [5.41, 5.74) is -1.20. The monoisotopic (exact) mass is 242 g/mol. The molecule has 0 fully saturated rings. The van der Waals surface area contributed by atoms with E-state index in [0.717, 1.165) is 12.1 Å². The van der Waals surface area contributed by atoms with Crippen LogP contribution in [-0.4, -0.2) is 6.18 Å². The molecule has 0 aliphatic carbocycles. The minimum atomic E-state index is -4.62. The second kappa shape index (κ2) is 3.99. The van der Waals surface area contributed by atoms with Gasteiger partial charge in [-0.3, -0.25) is 0 Å². The molecule has 0 aromatic heterocycles. The normalized spacial score (nSPS) is 12.9. The summed E-state index contributed by atoms with van der Waals surface area (Å²) in [4.78, 5) is 0. The molecular weight excluding hydrogens is 234 g/mol. The van der Waals surface area contributed by atoms with Gasteiger partial charge in [-0.2, -0.15) is 26.3 Å². The number of hydrogen-bond acceptors (Lipinski definition) is 0. The summed E-state index contributed by atoms with van der Waals surface area (Å²) in [7, 11) is 0. The molecule has 0 unspecified atom stereocenters. The van der Waals surface area contributed by atoms with Crippen LogP contribution >= 0.6 is 0 Å². The van der Waals surface area contributed by atoms with E-state index < -0.39 is 24.3 Å². The van der Waals surface area contributed by atoms with Crippen LogP contribution in [0.5, 0.6) is 0 Å². The summed E-state index contributed by atoms with van der Waals surface area (Å²) < 4.78 is 73.0. The molecule has 16 heavy (non-hydrogen) atoms. The van der Waals surface area contributed by atoms with E-state index in [1.807, 2.05) is 0 Å². The van der Waals surface area contributed by atoms with E-state index in [9.17, 15) is 26.3 Å². The molecule has 0 saturated carbocycles. The fourth-order valence-corrected chi connectivity index (χ4v) is 1.25. The summed E-state index contributed by atoms with van der Waals surface area (Å²) in [5, 5.41) is 0. The Labute approximate surface area is 87.9 Å². The van der Waals surface area contributed by atoms with E-state index in [2.05, 4.69) is 0 Å². The molecule has 0 bridgehead atoms. The third kappa shape index (κ3) is 3.43. The Morgan fingerprint density at radius 3 is 2.00 bits per heavy atom. The molecule has 1 aromatic rings. The van der Waals surface area contributed by atoms with E-state index >= 15 is 0 Å². The molecule has 0 amide bonds. The molecule has 0 atom stereocenters. The van der Waals surface area contributed by atoms with E-state index in [4.69, 9.17) is 0 Å². The second-order valence-corrected chi connectivity index (χ2v) is 3.43. The van der Waals surface area contributed by atoms with Gasteiger partial charge in [0.1, 0.15) is 0 Å². The average Bonchev–Trinajstić information content (AvgIpc) is 2.04. The first-order valence-electron chi connectivity index (χ1n) is 4.33. The zero-order valence-electron chi connectivity index (χ0n) is 8.21. The van der Waals surface area contributed by atoms with E-state index in [-0.39, 0.29) is 11.1 Å². The van der Waals surface area contributed by atoms with Gasteiger partial charge in [-0.25, -0.2) is 0 Å². The molecule has 0 spiro atoms. The summed E-state index contributed by atoms with van der Waals surface area (Å²) >= 11 is 0. The molecule has 0 nitrogen and oxygen atoms in total. The maximum Gasteiger partial charge on any atom is 0.416 e. The van der Waals surface area contributed by atoms with Crippen LogP contribution in [0, 0.1) is 6.92 Å². The lowest BCUT2D eigenvalue weighted by Gasteiger charge is -2.12. The lowest BCUT2D eigenvalue weighted by molar-refractivity contribution is -0.138. The van der Waals surface area contributed by atoms with Crippen LogP contribution in [0.4, 0.5) is 26.3 Å². The second-order valence-electron chi connectivity index (χ2n) is 3.43. The van der Waals surface area contributed by atoms with Gasteiger partial charge < -0.3 is 0 Å². The molecule has 0 radical (unpaired) electrons. The van der Waals surface area contributed by atoms with Gasteiger partial charge in [0.2, 0.25) is 0 Å². The topological polar surface area (TPSA) is 0 Å². The van der Waals surface area contributed by atoms with Gasteiger partial charge in [-0.1, -0.05) is 6.07 Å². The highest BCUT2D eigenvalue weighted by molar-refractivity contribution is 5.33. The summed E-state index contributed by atoms with van der Waals surface area (Å²) in [5.74, 6) is 0. The van der Waals surface area contributed by atoms with Gasteiger partial charge >= 0.3 is 12.4 Å². The Morgan fingerprint density at radius 1 is 1.00 bits per heavy atom. The van der Waals surface area contributed by atoms with Crippen molar-refractivity contribution in [2.24, 2.45) is 0 Å². The minimum Gasteiger partial charge on any atom is -0.171 e. The van der Waals surface area contributed by atoms with Gasteiger partial charge in [-0.15, -0.1) is 0 Å². The van der Waals surface area contributed by atoms with Crippen molar-refractivity contribution < 1.29 is 26.3 Å². The first kappa shape index (κ1) is 12.9. The zero-order valence-corrected chi connectivity index (χ0v) is 8.21. The highest BCUT2D eigenvalue weighted by Crippen LogP contribution is 2.32. The fourth-order valence-electron chi connectivity index (χ4n) is 1.25. The highest BCUT2D eigenvalue weighted by atomic mass is 19.4. The van der Waals surface area contributed by atoms with E-state index in [0.29, 0.717) is 6.07 Å². The lowest BCUT2D eigenvalue weighted by Crippen LogP contribution is -2.14. The number of benzene rings is 1. The van der Waals surface area contributed by atoms with Crippen molar-refractivity contribution in [1.29, 1.82) is 0 Å². The Hall–Kier alpha value is -1.20. The van der Waals surface area contributed by atoms with Crippen LogP contribution in [0.3, 0.4) is 0 Å². The fraction of sp³-hybridized carbons (Fsp3) is 0.400. The Balaban J connectivity index is 3.10. The largest absolute Gasteiger partial charge is 0.416 e. The molecule has 0 aliphatic heterocycles. The summed E-state index contributed by atoms with van der Waals surface area (Å²) in [6.07, 6.45) is -10.5. The van der Waals surface area contributed by atoms with Crippen molar-refractivity contribution in [3.05, 3.63) is 34.9 Å². The third-order valence-corrected chi connectivity index (χ3v) is 2.07. The predicted molar refractivity (Wildman–Crippen MR) is 45.9 cm³/mol. The molecular formula is C10H8F6. The van der Waals surface area contributed by atoms with Crippen molar-refractivity contribution in [1.82, 2.24) is 0 Å².